The first-order valence-corrected chi connectivity index (χ1v) is 8.79. The average Bonchev–Trinajstić information content (AvgIpc) is 2.87. The molecule has 0 bridgehead atoms. The van der Waals surface area contributed by atoms with Crippen molar-refractivity contribution in [3.8, 4) is 6.07 Å². The van der Waals surface area contributed by atoms with E-state index in [2.05, 4.69) is 0 Å². The fraction of sp³-hybridized carbons (Fsp3) is 0.350. The lowest BCUT2D eigenvalue weighted by atomic mass is 9.89. The highest BCUT2D eigenvalue weighted by Crippen LogP contribution is 2.47. The summed E-state index contributed by atoms with van der Waals surface area (Å²) in [6.07, 6.45) is -4.18. The first-order valence-electron chi connectivity index (χ1n) is 8.42. The van der Waals surface area contributed by atoms with Crippen LogP contribution in [0.15, 0.2) is 24.3 Å². The Hall–Kier alpha value is -2.10. The highest BCUT2D eigenvalue weighted by atomic mass is 35.5. The fourth-order valence-corrected chi connectivity index (χ4v) is 3.82. The van der Waals surface area contributed by atoms with Gasteiger partial charge in [0.15, 0.2) is 0 Å². The Morgan fingerprint density at radius 2 is 2.07 bits per heavy atom. The van der Waals surface area contributed by atoms with Gasteiger partial charge < -0.3 is 5.11 Å². The number of hydrogen-bond acceptors (Lipinski definition) is 2. The van der Waals surface area contributed by atoms with Crippen LogP contribution in [0.25, 0.3) is 0 Å². The van der Waals surface area contributed by atoms with Gasteiger partial charge in [0.2, 0.25) is 0 Å². The lowest BCUT2D eigenvalue weighted by Crippen LogP contribution is -2.21. The van der Waals surface area contributed by atoms with Crippen LogP contribution >= 0.6 is 11.6 Å². The Bertz CT molecular complexity index is 939. The Labute approximate surface area is 159 Å². The van der Waals surface area contributed by atoms with Crippen molar-refractivity contribution in [3.05, 3.63) is 68.5 Å². The molecule has 142 valence electrons. The number of rotatable bonds is 4. The van der Waals surface area contributed by atoms with Gasteiger partial charge in [-0.25, -0.2) is 17.6 Å². The Morgan fingerprint density at radius 1 is 1.37 bits per heavy atom. The van der Waals surface area contributed by atoms with Gasteiger partial charge in [0.25, 0.3) is 5.92 Å². The molecule has 0 fully saturated rings. The smallest absolute Gasteiger partial charge is 0.281 e. The molecule has 2 unspecified atom stereocenters. The molecule has 27 heavy (non-hydrogen) atoms. The number of halogens is 5. The quantitative estimate of drug-likeness (QED) is 0.684. The second kappa shape index (κ2) is 7.14. The van der Waals surface area contributed by atoms with Crippen LogP contribution in [0.2, 0.25) is 5.02 Å². The molecule has 0 radical (unpaired) electrons. The summed E-state index contributed by atoms with van der Waals surface area (Å²) in [6, 6.07) is 6.79. The highest BCUT2D eigenvalue weighted by Gasteiger charge is 2.48. The summed E-state index contributed by atoms with van der Waals surface area (Å²) in [5, 5.41) is 19.3. The van der Waals surface area contributed by atoms with Gasteiger partial charge in [-0.15, -0.1) is 0 Å². The highest BCUT2D eigenvalue weighted by molar-refractivity contribution is 6.31. The summed E-state index contributed by atoms with van der Waals surface area (Å²) in [6.45, 7) is 1.59. The van der Waals surface area contributed by atoms with Gasteiger partial charge in [0.1, 0.15) is 18.1 Å². The molecule has 2 atom stereocenters. The van der Waals surface area contributed by atoms with Gasteiger partial charge in [-0.3, -0.25) is 0 Å². The van der Waals surface area contributed by atoms with Crippen molar-refractivity contribution < 1.29 is 22.7 Å². The number of hydrogen-bond donors (Lipinski definition) is 1. The molecule has 0 amide bonds. The monoisotopic (exact) mass is 397 g/mol. The van der Waals surface area contributed by atoms with Crippen molar-refractivity contribution in [2.75, 3.05) is 0 Å². The standard InChI is InChI=1S/C20H16ClF4NO/c1-2-17(23)14-7-12(22)5-11(9-26)13(14)6-10-3-4-16(21)18-15(10)8-20(24,25)19(18)27/h3-5,7,17,19,27H,2,6,8H2,1H3. The van der Waals surface area contributed by atoms with E-state index < -0.39 is 30.4 Å². The molecule has 2 aromatic rings. The van der Waals surface area contributed by atoms with Crippen LogP contribution in [-0.4, -0.2) is 11.0 Å². The van der Waals surface area contributed by atoms with Gasteiger partial charge in [0.05, 0.1) is 11.6 Å². The van der Waals surface area contributed by atoms with Crippen LogP contribution in [0, 0.1) is 17.1 Å². The van der Waals surface area contributed by atoms with Gasteiger partial charge in [-0.05, 0) is 53.3 Å². The summed E-state index contributed by atoms with van der Waals surface area (Å²) in [5.74, 6) is -4.10. The zero-order valence-electron chi connectivity index (χ0n) is 14.4. The molecular formula is C20H16ClF4NO. The first-order chi connectivity index (χ1) is 12.7. The molecule has 0 saturated heterocycles. The van der Waals surface area contributed by atoms with Crippen molar-refractivity contribution in [3.63, 3.8) is 0 Å². The lowest BCUT2D eigenvalue weighted by molar-refractivity contribution is -0.0968. The lowest BCUT2D eigenvalue weighted by Gasteiger charge is -2.17. The van der Waals surface area contributed by atoms with E-state index in [1.807, 2.05) is 6.07 Å². The van der Waals surface area contributed by atoms with Crippen LogP contribution in [0.3, 0.4) is 0 Å². The van der Waals surface area contributed by atoms with Gasteiger partial charge in [-0.2, -0.15) is 5.26 Å². The van der Waals surface area contributed by atoms with Crippen molar-refractivity contribution in [1.29, 1.82) is 5.26 Å². The van der Waals surface area contributed by atoms with Gasteiger partial charge in [0, 0.05) is 17.0 Å². The van der Waals surface area contributed by atoms with E-state index in [0.29, 0.717) is 5.56 Å². The zero-order valence-corrected chi connectivity index (χ0v) is 15.1. The number of aliphatic hydroxyl groups excluding tert-OH is 1. The molecule has 0 aromatic heterocycles. The molecule has 2 nitrogen and oxygen atoms in total. The second-order valence-corrected chi connectivity index (χ2v) is 7.03. The number of nitrogens with zero attached hydrogens (tertiary/aromatic N) is 1. The topological polar surface area (TPSA) is 44.0 Å². The van der Waals surface area contributed by atoms with E-state index in [0.717, 1.165) is 12.1 Å². The third-order valence-electron chi connectivity index (χ3n) is 4.92. The number of benzene rings is 2. The molecule has 1 aliphatic carbocycles. The third kappa shape index (κ3) is 3.42. The van der Waals surface area contributed by atoms with Crippen LogP contribution < -0.4 is 0 Å². The molecule has 7 heteroatoms. The second-order valence-electron chi connectivity index (χ2n) is 6.62. The van der Waals surface area contributed by atoms with E-state index in [-0.39, 0.29) is 45.7 Å². The van der Waals surface area contributed by atoms with E-state index in [4.69, 9.17) is 11.6 Å². The number of aliphatic hydroxyl groups is 1. The van der Waals surface area contributed by atoms with Gasteiger partial charge >= 0.3 is 0 Å². The number of nitriles is 1. The Morgan fingerprint density at radius 3 is 2.70 bits per heavy atom. The summed E-state index contributed by atoms with van der Waals surface area (Å²) in [7, 11) is 0. The van der Waals surface area contributed by atoms with Crippen LogP contribution in [0.4, 0.5) is 17.6 Å². The van der Waals surface area contributed by atoms with Crippen molar-refractivity contribution in [2.24, 2.45) is 0 Å². The zero-order chi connectivity index (χ0) is 19.9. The van der Waals surface area contributed by atoms with Crippen LogP contribution in [0.5, 0.6) is 0 Å². The van der Waals surface area contributed by atoms with Crippen molar-refractivity contribution >= 4 is 11.6 Å². The van der Waals surface area contributed by atoms with E-state index in [1.165, 1.54) is 12.1 Å². The van der Waals surface area contributed by atoms with Gasteiger partial charge in [-0.1, -0.05) is 24.6 Å². The summed E-state index contributed by atoms with van der Waals surface area (Å²) in [4.78, 5) is 0. The van der Waals surface area contributed by atoms with Crippen molar-refractivity contribution in [2.45, 2.75) is 44.4 Å². The molecule has 0 saturated carbocycles. The van der Waals surface area contributed by atoms with E-state index in [9.17, 15) is 27.9 Å². The van der Waals surface area contributed by atoms with Crippen LogP contribution in [0.1, 0.15) is 59.0 Å². The summed E-state index contributed by atoms with van der Waals surface area (Å²) in [5.41, 5.74) is 0.777. The molecule has 3 rings (SSSR count). The Balaban J connectivity index is 2.15. The van der Waals surface area contributed by atoms with E-state index >= 15 is 0 Å². The molecular weight excluding hydrogens is 382 g/mol. The summed E-state index contributed by atoms with van der Waals surface area (Å²) >= 11 is 5.99. The maximum Gasteiger partial charge on any atom is 0.281 e. The Kier molecular flexibility index (Phi) is 5.20. The molecule has 1 aliphatic rings. The average molecular weight is 398 g/mol. The third-order valence-corrected chi connectivity index (χ3v) is 5.25. The minimum absolute atomic E-state index is 0.0233. The maximum atomic E-state index is 14.4. The van der Waals surface area contributed by atoms with Crippen molar-refractivity contribution in [1.82, 2.24) is 0 Å². The predicted molar refractivity (Wildman–Crippen MR) is 93.1 cm³/mol. The van der Waals surface area contributed by atoms with Crippen LogP contribution in [-0.2, 0) is 12.8 Å². The normalized spacial score (nSPS) is 18.8. The molecule has 2 aromatic carbocycles. The molecule has 0 heterocycles. The summed E-state index contributed by atoms with van der Waals surface area (Å²) < 4.78 is 56.2. The number of fused-ring (bicyclic) bond motifs is 1. The largest absolute Gasteiger partial charge is 0.382 e. The fourth-order valence-electron chi connectivity index (χ4n) is 3.54. The molecule has 0 aliphatic heterocycles. The first kappa shape index (κ1) is 19.7. The molecule has 0 spiro atoms. The SMILES string of the molecule is CCC(F)c1cc(F)cc(C#N)c1Cc1ccc(Cl)c2c1CC(F)(F)C2O. The minimum atomic E-state index is -3.36. The molecule has 1 N–H and O–H groups in total. The number of alkyl halides is 3. The maximum absolute atomic E-state index is 14.4. The van der Waals surface area contributed by atoms with E-state index in [1.54, 1.807) is 6.92 Å². The minimum Gasteiger partial charge on any atom is -0.382 e. The predicted octanol–water partition coefficient (Wildman–Crippen LogP) is 5.59.